The van der Waals surface area contributed by atoms with Crippen LogP contribution in [-0.2, 0) is 12.1 Å². The molecule has 2 heterocycles. The molecule has 0 radical (unpaired) electrons. The van der Waals surface area contributed by atoms with Crippen LogP contribution in [0.5, 0.6) is 0 Å². The Balaban J connectivity index is 1.90. The van der Waals surface area contributed by atoms with E-state index >= 15 is 0 Å². The van der Waals surface area contributed by atoms with Crippen molar-refractivity contribution in [2.24, 2.45) is 0 Å². The number of likely N-dealkylation sites (tertiary alicyclic amines) is 1. The standard InChI is InChI=1S/C14H18N2O2/c1-15-10-11-4-2-3-5-12(11)14(15)6-8-16(9-7-14)13(17)18/h2-5H,6-10H2,1H3,(H,17,18). The van der Waals surface area contributed by atoms with Crippen molar-refractivity contribution >= 4 is 6.09 Å². The predicted molar refractivity (Wildman–Crippen MR) is 68.4 cm³/mol. The lowest BCUT2D eigenvalue weighted by atomic mass is 9.81. The van der Waals surface area contributed by atoms with E-state index < -0.39 is 6.09 Å². The van der Waals surface area contributed by atoms with Crippen LogP contribution >= 0.6 is 0 Å². The molecule has 0 aromatic heterocycles. The third-order valence-corrected chi connectivity index (χ3v) is 4.52. The average Bonchev–Trinajstić information content (AvgIpc) is 2.64. The molecule has 1 saturated heterocycles. The molecule has 1 aromatic rings. The molecule has 18 heavy (non-hydrogen) atoms. The van der Waals surface area contributed by atoms with Crippen molar-refractivity contribution in [3.8, 4) is 0 Å². The summed E-state index contributed by atoms with van der Waals surface area (Å²) in [4.78, 5) is 14.9. The Morgan fingerprint density at radius 1 is 1.28 bits per heavy atom. The lowest BCUT2D eigenvalue weighted by Crippen LogP contribution is -2.49. The summed E-state index contributed by atoms with van der Waals surface area (Å²) in [5, 5.41) is 9.04. The van der Waals surface area contributed by atoms with Crippen LogP contribution in [-0.4, -0.2) is 41.1 Å². The SMILES string of the molecule is CN1Cc2ccccc2C12CCN(C(=O)O)CC2. The van der Waals surface area contributed by atoms with E-state index in [9.17, 15) is 4.79 Å². The Labute approximate surface area is 107 Å². The van der Waals surface area contributed by atoms with E-state index in [0.29, 0.717) is 13.1 Å². The molecular weight excluding hydrogens is 228 g/mol. The number of amides is 1. The number of rotatable bonds is 0. The van der Waals surface area contributed by atoms with Crippen molar-refractivity contribution in [2.75, 3.05) is 20.1 Å². The highest BCUT2D eigenvalue weighted by molar-refractivity contribution is 5.65. The van der Waals surface area contributed by atoms with Crippen molar-refractivity contribution in [3.05, 3.63) is 35.4 Å². The molecule has 1 N–H and O–H groups in total. The van der Waals surface area contributed by atoms with Gasteiger partial charge in [0.25, 0.3) is 0 Å². The van der Waals surface area contributed by atoms with Gasteiger partial charge >= 0.3 is 6.09 Å². The highest BCUT2D eigenvalue weighted by atomic mass is 16.4. The average molecular weight is 246 g/mol. The number of carbonyl (C=O) groups is 1. The van der Waals surface area contributed by atoms with Crippen molar-refractivity contribution in [2.45, 2.75) is 24.9 Å². The summed E-state index contributed by atoms with van der Waals surface area (Å²) in [5.41, 5.74) is 2.85. The van der Waals surface area contributed by atoms with E-state index in [2.05, 4.69) is 36.2 Å². The fraction of sp³-hybridized carbons (Fsp3) is 0.500. The van der Waals surface area contributed by atoms with Crippen molar-refractivity contribution < 1.29 is 9.90 Å². The van der Waals surface area contributed by atoms with E-state index in [1.807, 2.05) is 0 Å². The normalized spacial score (nSPS) is 22.2. The topological polar surface area (TPSA) is 43.8 Å². The van der Waals surface area contributed by atoms with E-state index in [1.54, 1.807) is 0 Å². The minimum absolute atomic E-state index is 0.0581. The van der Waals surface area contributed by atoms with Crippen LogP contribution in [0.2, 0.25) is 0 Å². The molecule has 2 aliphatic heterocycles. The van der Waals surface area contributed by atoms with Gasteiger partial charge in [-0.3, -0.25) is 4.90 Å². The first-order chi connectivity index (χ1) is 8.63. The van der Waals surface area contributed by atoms with Gasteiger partial charge in [0.05, 0.1) is 0 Å². The van der Waals surface area contributed by atoms with E-state index in [-0.39, 0.29) is 5.54 Å². The molecule has 0 unspecified atom stereocenters. The number of benzene rings is 1. The summed E-state index contributed by atoms with van der Waals surface area (Å²) in [6.07, 6.45) is 0.999. The zero-order valence-electron chi connectivity index (χ0n) is 10.6. The van der Waals surface area contributed by atoms with Gasteiger partial charge in [0.2, 0.25) is 0 Å². The first-order valence-corrected chi connectivity index (χ1v) is 6.41. The van der Waals surface area contributed by atoms with Gasteiger partial charge < -0.3 is 10.0 Å². The number of nitrogens with zero attached hydrogens (tertiary/aromatic N) is 2. The number of hydrogen-bond acceptors (Lipinski definition) is 2. The van der Waals surface area contributed by atoms with Crippen LogP contribution < -0.4 is 0 Å². The minimum Gasteiger partial charge on any atom is -0.465 e. The molecule has 96 valence electrons. The zero-order chi connectivity index (χ0) is 12.8. The number of fused-ring (bicyclic) bond motifs is 2. The van der Waals surface area contributed by atoms with Gasteiger partial charge in [-0.25, -0.2) is 4.79 Å². The fourth-order valence-corrected chi connectivity index (χ4v) is 3.44. The molecule has 4 heteroatoms. The molecule has 0 atom stereocenters. The molecule has 0 saturated carbocycles. The molecule has 0 aliphatic carbocycles. The van der Waals surface area contributed by atoms with Crippen LogP contribution in [0.25, 0.3) is 0 Å². The van der Waals surface area contributed by atoms with Gasteiger partial charge in [0.15, 0.2) is 0 Å². The van der Waals surface area contributed by atoms with Gasteiger partial charge in [-0.2, -0.15) is 0 Å². The maximum atomic E-state index is 11.0. The smallest absolute Gasteiger partial charge is 0.407 e. The maximum Gasteiger partial charge on any atom is 0.407 e. The molecule has 2 aliphatic rings. The Bertz CT molecular complexity index is 478. The third kappa shape index (κ3) is 1.52. The van der Waals surface area contributed by atoms with Crippen LogP contribution in [0.1, 0.15) is 24.0 Å². The maximum absolute atomic E-state index is 11.0. The van der Waals surface area contributed by atoms with Gasteiger partial charge in [0, 0.05) is 25.2 Å². The lowest BCUT2D eigenvalue weighted by Gasteiger charge is -2.43. The summed E-state index contributed by atoms with van der Waals surface area (Å²) < 4.78 is 0. The number of carboxylic acid groups (broad SMARTS) is 1. The zero-order valence-corrected chi connectivity index (χ0v) is 10.6. The highest BCUT2D eigenvalue weighted by Gasteiger charge is 2.45. The third-order valence-electron chi connectivity index (χ3n) is 4.52. The van der Waals surface area contributed by atoms with Crippen LogP contribution in [0.3, 0.4) is 0 Å². The monoisotopic (exact) mass is 246 g/mol. The number of hydrogen-bond donors (Lipinski definition) is 1. The van der Waals surface area contributed by atoms with Crippen molar-refractivity contribution in [1.29, 1.82) is 0 Å². The Morgan fingerprint density at radius 3 is 2.61 bits per heavy atom. The van der Waals surface area contributed by atoms with Crippen LogP contribution in [0, 0.1) is 0 Å². The summed E-state index contributed by atoms with van der Waals surface area (Å²) in [7, 11) is 2.15. The summed E-state index contributed by atoms with van der Waals surface area (Å²) >= 11 is 0. The second kappa shape index (κ2) is 3.99. The Kier molecular flexibility index (Phi) is 2.55. The molecule has 0 bridgehead atoms. The number of piperidine rings is 1. The van der Waals surface area contributed by atoms with Gasteiger partial charge in [-0.05, 0) is 31.0 Å². The summed E-state index contributed by atoms with van der Waals surface area (Å²) in [6, 6.07) is 8.56. The molecular formula is C14H18N2O2. The van der Waals surface area contributed by atoms with Crippen molar-refractivity contribution in [1.82, 2.24) is 9.80 Å². The summed E-state index contributed by atoms with van der Waals surface area (Å²) in [6.45, 7) is 2.24. The Morgan fingerprint density at radius 2 is 1.94 bits per heavy atom. The molecule has 1 amide bonds. The first kappa shape index (κ1) is 11.5. The highest BCUT2D eigenvalue weighted by Crippen LogP contribution is 2.45. The Hall–Kier alpha value is -1.55. The second-order valence-electron chi connectivity index (χ2n) is 5.31. The first-order valence-electron chi connectivity index (χ1n) is 6.41. The molecule has 4 nitrogen and oxygen atoms in total. The fourth-order valence-electron chi connectivity index (χ4n) is 3.44. The minimum atomic E-state index is -0.793. The van der Waals surface area contributed by atoms with Crippen LogP contribution in [0.15, 0.2) is 24.3 Å². The predicted octanol–water partition coefficient (Wildman–Crippen LogP) is 2.10. The lowest BCUT2D eigenvalue weighted by molar-refractivity contribution is 0.0481. The second-order valence-corrected chi connectivity index (χ2v) is 5.31. The van der Waals surface area contributed by atoms with Crippen molar-refractivity contribution in [3.63, 3.8) is 0 Å². The molecule has 3 rings (SSSR count). The van der Waals surface area contributed by atoms with E-state index in [1.165, 1.54) is 16.0 Å². The summed E-state index contributed by atoms with van der Waals surface area (Å²) in [5.74, 6) is 0. The largest absolute Gasteiger partial charge is 0.465 e. The van der Waals surface area contributed by atoms with E-state index in [4.69, 9.17) is 5.11 Å². The van der Waals surface area contributed by atoms with Gasteiger partial charge in [-0.1, -0.05) is 24.3 Å². The quantitative estimate of drug-likeness (QED) is 0.762. The molecule has 1 aromatic carbocycles. The van der Waals surface area contributed by atoms with Crippen LogP contribution in [0.4, 0.5) is 4.79 Å². The van der Waals surface area contributed by atoms with E-state index in [0.717, 1.165) is 19.4 Å². The molecule has 1 spiro atoms. The molecule has 1 fully saturated rings. The van der Waals surface area contributed by atoms with Gasteiger partial charge in [0.1, 0.15) is 0 Å². The van der Waals surface area contributed by atoms with Gasteiger partial charge in [-0.15, -0.1) is 0 Å².